The summed E-state index contributed by atoms with van der Waals surface area (Å²) in [5.74, 6) is 0.564. The minimum absolute atomic E-state index is 0.246. The van der Waals surface area contributed by atoms with E-state index in [-0.39, 0.29) is 6.29 Å². The Balaban J connectivity index is 2.61. The van der Waals surface area contributed by atoms with Crippen LogP contribution in [0.25, 0.3) is 0 Å². The molecule has 0 N–H and O–H groups in total. The van der Waals surface area contributed by atoms with Gasteiger partial charge in [-0.3, -0.25) is 4.21 Å². The van der Waals surface area contributed by atoms with Gasteiger partial charge >= 0.3 is 0 Å². The summed E-state index contributed by atoms with van der Waals surface area (Å²) in [6.45, 7) is 9.11. The molecule has 1 unspecified atom stereocenters. The van der Waals surface area contributed by atoms with Crippen LogP contribution in [0.5, 0.6) is 0 Å². The van der Waals surface area contributed by atoms with Gasteiger partial charge in [0, 0.05) is 30.3 Å². The summed E-state index contributed by atoms with van der Waals surface area (Å²) in [6, 6.07) is 6.06. The quantitative estimate of drug-likeness (QED) is 0.688. The van der Waals surface area contributed by atoms with Gasteiger partial charge < -0.3 is 9.47 Å². The zero-order valence-electron chi connectivity index (χ0n) is 12.3. The third-order valence-corrected chi connectivity index (χ3v) is 4.37. The van der Waals surface area contributed by atoms with Gasteiger partial charge in [0.1, 0.15) is 0 Å². The van der Waals surface area contributed by atoms with E-state index in [2.05, 4.69) is 0 Å². The Morgan fingerprint density at radius 3 is 2.37 bits per heavy atom. The van der Waals surface area contributed by atoms with E-state index in [4.69, 9.17) is 9.47 Å². The molecule has 3 nitrogen and oxygen atoms in total. The lowest BCUT2D eigenvalue weighted by molar-refractivity contribution is -0.136. The van der Waals surface area contributed by atoms with Gasteiger partial charge in [-0.1, -0.05) is 12.1 Å². The van der Waals surface area contributed by atoms with Crippen LogP contribution in [0.4, 0.5) is 0 Å². The van der Waals surface area contributed by atoms with Crippen molar-refractivity contribution < 1.29 is 13.7 Å². The van der Waals surface area contributed by atoms with Crippen molar-refractivity contribution in [2.75, 3.05) is 19.0 Å². The number of ether oxygens (including phenoxy) is 2. The second kappa shape index (κ2) is 8.46. The maximum absolute atomic E-state index is 12.3. The Morgan fingerprint density at radius 1 is 1.16 bits per heavy atom. The summed E-state index contributed by atoms with van der Waals surface area (Å²) in [4.78, 5) is 0.923. The number of hydrogen-bond acceptors (Lipinski definition) is 3. The zero-order chi connectivity index (χ0) is 14.3. The minimum Gasteiger partial charge on any atom is -0.353 e. The normalized spacial score (nSPS) is 12.9. The van der Waals surface area contributed by atoms with Crippen molar-refractivity contribution in [1.29, 1.82) is 0 Å². The predicted molar refractivity (Wildman–Crippen MR) is 78.8 cm³/mol. The first-order chi connectivity index (χ1) is 9.08. The Kier molecular flexibility index (Phi) is 7.28. The highest BCUT2D eigenvalue weighted by molar-refractivity contribution is 7.85. The Morgan fingerprint density at radius 2 is 1.79 bits per heavy atom. The van der Waals surface area contributed by atoms with Gasteiger partial charge in [-0.2, -0.15) is 0 Å². The van der Waals surface area contributed by atoms with Gasteiger partial charge in [0.15, 0.2) is 6.29 Å². The fraction of sp³-hybridized carbons (Fsp3) is 0.600. The van der Waals surface area contributed by atoms with E-state index in [0.717, 1.165) is 16.0 Å². The molecule has 4 heteroatoms. The molecule has 0 aliphatic heterocycles. The smallest absolute Gasteiger partial charge is 0.158 e. The van der Waals surface area contributed by atoms with E-state index in [1.165, 1.54) is 0 Å². The van der Waals surface area contributed by atoms with E-state index < -0.39 is 10.8 Å². The molecule has 0 saturated heterocycles. The molecule has 1 aromatic rings. The molecule has 0 radical (unpaired) electrons. The van der Waals surface area contributed by atoms with Gasteiger partial charge in [-0.15, -0.1) is 0 Å². The predicted octanol–water partition coefficient (Wildman–Crippen LogP) is 3.20. The number of hydrogen-bond donors (Lipinski definition) is 0. The fourth-order valence-corrected chi connectivity index (χ4v) is 3.22. The van der Waals surface area contributed by atoms with Crippen LogP contribution in [0.1, 0.15) is 31.4 Å². The van der Waals surface area contributed by atoms with Crippen molar-refractivity contribution in [3.63, 3.8) is 0 Å². The largest absolute Gasteiger partial charge is 0.353 e. The Bertz CT molecular complexity index is 412. The number of benzene rings is 1. The summed E-state index contributed by atoms with van der Waals surface area (Å²) in [5, 5.41) is 0. The van der Waals surface area contributed by atoms with Gasteiger partial charge in [0.25, 0.3) is 0 Å². The van der Waals surface area contributed by atoms with Crippen LogP contribution in [0.2, 0.25) is 0 Å². The molecule has 0 aliphatic carbocycles. The molecule has 0 bridgehead atoms. The average molecular weight is 284 g/mol. The molecule has 0 spiro atoms. The molecule has 0 heterocycles. The average Bonchev–Trinajstić information content (AvgIpc) is 2.39. The van der Waals surface area contributed by atoms with Crippen molar-refractivity contribution in [3.05, 3.63) is 29.3 Å². The van der Waals surface area contributed by atoms with Gasteiger partial charge in [-0.05, 0) is 44.9 Å². The van der Waals surface area contributed by atoms with Crippen LogP contribution >= 0.6 is 0 Å². The van der Waals surface area contributed by atoms with Crippen LogP contribution in [0.3, 0.4) is 0 Å². The van der Waals surface area contributed by atoms with Crippen LogP contribution in [0.15, 0.2) is 23.1 Å². The SMILES string of the molecule is CCOC(CCS(=O)c1cc(C)ccc1C)OCC. The van der Waals surface area contributed by atoms with E-state index in [1.54, 1.807) is 0 Å². The highest BCUT2D eigenvalue weighted by atomic mass is 32.2. The summed E-state index contributed by atoms with van der Waals surface area (Å²) in [7, 11) is -0.993. The molecule has 1 rings (SSSR count). The van der Waals surface area contributed by atoms with Crippen molar-refractivity contribution in [1.82, 2.24) is 0 Å². The fourth-order valence-electron chi connectivity index (χ4n) is 1.85. The van der Waals surface area contributed by atoms with Crippen LogP contribution < -0.4 is 0 Å². The highest BCUT2D eigenvalue weighted by Crippen LogP contribution is 2.16. The topological polar surface area (TPSA) is 35.5 Å². The molecular weight excluding hydrogens is 260 g/mol. The Labute approximate surface area is 118 Å². The highest BCUT2D eigenvalue weighted by Gasteiger charge is 2.13. The molecule has 0 fully saturated rings. The van der Waals surface area contributed by atoms with Gasteiger partial charge in [-0.25, -0.2) is 0 Å². The second-order valence-electron chi connectivity index (χ2n) is 4.45. The van der Waals surface area contributed by atoms with E-state index in [9.17, 15) is 4.21 Å². The van der Waals surface area contributed by atoms with Crippen molar-refractivity contribution in [3.8, 4) is 0 Å². The van der Waals surface area contributed by atoms with Crippen molar-refractivity contribution >= 4 is 10.8 Å². The monoisotopic (exact) mass is 284 g/mol. The molecule has 108 valence electrons. The Hall–Kier alpha value is -0.710. The lowest BCUT2D eigenvalue weighted by Gasteiger charge is -2.16. The molecule has 1 atom stereocenters. The minimum atomic E-state index is -0.993. The first-order valence-electron chi connectivity index (χ1n) is 6.77. The van der Waals surface area contributed by atoms with E-state index in [1.807, 2.05) is 45.9 Å². The van der Waals surface area contributed by atoms with Gasteiger partial charge in [0.05, 0.1) is 10.8 Å². The second-order valence-corrected chi connectivity index (χ2v) is 5.99. The van der Waals surface area contributed by atoms with Crippen molar-refractivity contribution in [2.45, 2.75) is 45.3 Å². The molecular formula is C15H24O3S. The van der Waals surface area contributed by atoms with Crippen molar-refractivity contribution in [2.24, 2.45) is 0 Å². The van der Waals surface area contributed by atoms with Crippen LogP contribution in [-0.2, 0) is 20.3 Å². The lowest BCUT2D eigenvalue weighted by Crippen LogP contribution is -2.20. The number of rotatable bonds is 8. The van der Waals surface area contributed by atoms with E-state index >= 15 is 0 Å². The summed E-state index contributed by atoms with van der Waals surface area (Å²) in [6.07, 6.45) is 0.408. The standard InChI is InChI=1S/C15H24O3S/c1-5-17-15(18-6-2)9-10-19(16)14-11-12(3)7-8-13(14)4/h7-8,11,15H,5-6,9-10H2,1-4H3. The first kappa shape index (κ1) is 16.3. The van der Waals surface area contributed by atoms with Crippen LogP contribution in [0, 0.1) is 13.8 Å². The first-order valence-corrected chi connectivity index (χ1v) is 8.09. The van der Waals surface area contributed by atoms with E-state index in [0.29, 0.717) is 25.4 Å². The molecule has 0 amide bonds. The molecule has 0 aliphatic rings. The third-order valence-electron chi connectivity index (χ3n) is 2.83. The molecule has 0 saturated carbocycles. The lowest BCUT2D eigenvalue weighted by atomic mass is 10.2. The molecule has 19 heavy (non-hydrogen) atoms. The summed E-state index contributed by atoms with van der Waals surface area (Å²) in [5.41, 5.74) is 2.22. The third kappa shape index (κ3) is 5.43. The summed E-state index contributed by atoms with van der Waals surface area (Å²) < 4.78 is 23.3. The van der Waals surface area contributed by atoms with Gasteiger partial charge in [0.2, 0.25) is 0 Å². The maximum atomic E-state index is 12.3. The number of aryl methyl sites for hydroxylation is 2. The molecule has 1 aromatic carbocycles. The zero-order valence-corrected chi connectivity index (χ0v) is 13.1. The summed E-state index contributed by atoms with van der Waals surface area (Å²) >= 11 is 0. The van der Waals surface area contributed by atoms with Crippen LogP contribution in [-0.4, -0.2) is 29.5 Å². The molecule has 0 aromatic heterocycles. The maximum Gasteiger partial charge on any atom is 0.158 e.